The first kappa shape index (κ1) is 20.9. The van der Waals surface area contributed by atoms with E-state index in [4.69, 9.17) is 17.0 Å². The fourth-order valence-electron chi connectivity index (χ4n) is 3.55. The number of para-hydroxylation sites is 1. The molecule has 1 aromatic rings. The predicted molar refractivity (Wildman–Crippen MR) is 115 cm³/mol. The number of nitrogens with zero attached hydrogens (tertiary/aromatic N) is 1. The lowest BCUT2D eigenvalue weighted by atomic mass is 9.87. The summed E-state index contributed by atoms with van der Waals surface area (Å²) in [6.07, 6.45) is 9.24. The molecule has 0 unspecified atom stereocenters. The van der Waals surface area contributed by atoms with Crippen LogP contribution in [0.25, 0.3) is 6.08 Å². The monoisotopic (exact) mass is 419 g/mol. The van der Waals surface area contributed by atoms with Gasteiger partial charge in [0.15, 0.2) is 6.61 Å². The summed E-state index contributed by atoms with van der Waals surface area (Å²) in [7, 11) is 1.32. The van der Waals surface area contributed by atoms with Gasteiger partial charge >= 0.3 is 5.97 Å². The molecule has 7 heteroatoms. The molecule has 0 atom stereocenters. The van der Waals surface area contributed by atoms with Gasteiger partial charge in [0.05, 0.1) is 12.0 Å². The van der Waals surface area contributed by atoms with Crippen LogP contribution in [0, 0.1) is 5.92 Å². The van der Waals surface area contributed by atoms with E-state index in [0.717, 1.165) is 12.0 Å². The quantitative estimate of drug-likeness (QED) is 0.371. The Morgan fingerprint density at radius 2 is 2.04 bits per heavy atom. The Balaban J connectivity index is 1.67. The fraction of sp³-hybridized carbons (Fsp3) is 0.476. The van der Waals surface area contributed by atoms with Crippen molar-refractivity contribution in [1.29, 1.82) is 0 Å². The van der Waals surface area contributed by atoms with Crippen molar-refractivity contribution in [3.63, 3.8) is 0 Å². The normalized spacial score (nSPS) is 19.3. The molecule has 1 heterocycles. The molecule has 0 bridgehead atoms. The molecular formula is C21H25NO4S2. The Bertz CT molecular complexity index is 771. The van der Waals surface area contributed by atoms with Crippen LogP contribution in [0.15, 0.2) is 29.2 Å². The predicted octanol–water partition coefficient (Wildman–Crippen LogP) is 4.41. The molecule has 2 fully saturated rings. The molecule has 1 amide bonds. The number of hydrogen-bond donors (Lipinski definition) is 0. The molecule has 3 rings (SSSR count). The first-order valence-electron chi connectivity index (χ1n) is 9.62. The number of hydrogen-bond acceptors (Lipinski definition) is 6. The SMILES string of the molecule is COC(=O)COc1ccccc1/C=C1\SC(=S)N(CCC2CCCCC2)C1=O. The summed E-state index contributed by atoms with van der Waals surface area (Å²) < 4.78 is 10.7. The van der Waals surface area contributed by atoms with Crippen molar-refractivity contribution < 1.29 is 19.1 Å². The molecule has 1 aliphatic carbocycles. The average Bonchev–Trinajstić information content (AvgIpc) is 2.99. The largest absolute Gasteiger partial charge is 0.481 e. The van der Waals surface area contributed by atoms with Crippen LogP contribution in [0.2, 0.25) is 0 Å². The minimum atomic E-state index is -0.455. The van der Waals surface area contributed by atoms with Gasteiger partial charge in [-0.2, -0.15) is 0 Å². The van der Waals surface area contributed by atoms with E-state index in [-0.39, 0.29) is 12.5 Å². The van der Waals surface area contributed by atoms with Crippen molar-refractivity contribution in [1.82, 2.24) is 4.90 Å². The minimum absolute atomic E-state index is 0.0476. The van der Waals surface area contributed by atoms with Crippen molar-refractivity contribution >= 4 is 46.3 Å². The molecule has 0 radical (unpaired) electrons. The van der Waals surface area contributed by atoms with Gasteiger partial charge in [0.25, 0.3) is 5.91 Å². The standard InChI is InChI=1S/C21H25NO4S2/c1-25-19(23)14-26-17-10-6-5-9-16(17)13-18-20(24)22(21(27)28-18)12-11-15-7-3-2-4-8-15/h5-6,9-10,13,15H,2-4,7-8,11-12,14H2,1H3/b18-13-. The summed E-state index contributed by atoms with van der Waals surface area (Å²) in [5.74, 6) is 0.729. The van der Waals surface area contributed by atoms with Gasteiger partial charge in [0.1, 0.15) is 10.1 Å². The maximum absolute atomic E-state index is 12.9. The lowest BCUT2D eigenvalue weighted by Gasteiger charge is -2.23. The van der Waals surface area contributed by atoms with Gasteiger partial charge in [-0.25, -0.2) is 4.79 Å². The highest BCUT2D eigenvalue weighted by Gasteiger charge is 2.32. The first-order valence-corrected chi connectivity index (χ1v) is 10.8. The smallest absolute Gasteiger partial charge is 0.343 e. The lowest BCUT2D eigenvalue weighted by Crippen LogP contribution is -2.30. The molecule has 1 saturated carbocycles. The number of thioether (sulfide) groups is 1. The Hall–Kier alpha value is -1.86. The second kappa shape index (κ2) is 10.1. The Labute approximate surface area is 175 Å². The van der Waals surface area contributed by atoms with E-state index >= 15 is 0 Å². The zero-order valence-corrected chi connectivity index (χ0v) is 17.7. The molecule has 2 aliphatic rings. The van der Waals surface area contributed by atoms with E-state index in [9.17, 15) is 9.59 Å². The summed E-state index contributed by atoms with van der Waals surface area (Å²) in [5, 5.41) is 0. The zero-order chi connectivity index (χ0) is 19.9. The number of rotatable bonds is 7. The fourth-order valence-corrected chi connectivity index (χ4v) is 4.85. The van der Waals surface area contributed by atoms with Crippen LogP contribution in [-0.4, -0.2) is 41.4 Å². The van der Waals surface area contributed by atoms with Crippen molar-refractivity contribution in [2.24, 2.45) is 5.92 Å². The van der Waals surface area contributed by atoms with E-state index < -0.39 is 5.97 Å². The van der Waals surface area contributed by atoms with Crippen LogP contribution in [0.4, 0.5) is 0 Å². The second-order valence-electron chi connectivity index (χ2n) is 7.03. The second-order valence-corrected chi connectivity index (χ2v) is 8.70. The van der Waals surface area contributed by atoms with Crippen molar-refractivity contribution in [2.75, 3.05) is 20.3 Å². The van der Waals surface area contributed by atoms with Gasteiger partial charge in [-0.3, -0.25) is 9.69 Å². The maximum Gasteiger partial charge on any atom is 0.343 e. The third-order valence-corrected chi connectivity index (χ3v) is 6.52. The Morgan fingerprint density at radius 3 is 2.79 bits per heavy atom. The van der Waals surface area contributed by atoms with Gasteiger partial charge in [-0.15, -0.1) is 0 Å². The van der Waals surface area contributed by atoms with Gasteiger partial charge in [-0.05, 0) is 24.5 Å². The third kappa shape index (κ3) is 5.35. The molecule has 0 spiro atoms. The van der Waals surface area contributed by atoms with Crippen LogP contribution >= 0.6 is 24.0 Å². The van der Waals surface area contributed by atoms with Gasteiger partial charge < -0.3 is 9.47 Å². The highest BCUT2D eigenvalue weighted by molar-refractivity contribution is 8.26. The van der Waals surface area contributed by atoms with E-state index in [2.05, 4.69) is 4.74 Å². The summed E-state index contributed by atoms with van der Waals surface area (Å²) in [5.41, 5.74) is 0.735. The number of amides is 1. The molecule has 1 aromatic carbocycles. The molecular weight excluding hydrogens is 394 g/mol. The minimum Gasteiger partial charge on any atom is -0.481 e. The molecule has 28 heavy (non-hydrogen) atoms. The number of methoxy groups -OCH3 is 1. The highest BCUT2D eigenvalue weighted by Crippen LogP contribution is 2.35. The molecule has 150 valence electrons. The third-order valence-electron chi connectivity index (χ3n) is 5.14. The number of benzene rings is 1. The summed E-state index contributed by atoms with van der Waals surface area (Å²) in [4.78, 5) is 26.5. The number of carbonyl (C=O) groups is 2. The van der Waals surface area contributed by atoms with Crippen LogP contribution < -0.4 is 4.74 Å². The van der Waals surface area contributed by atoms with E-state index in [1.54, 1.807) is 17.0 Å². The lowest BCUT2D eigenvalue weighted by molar-refractivity contribution is -0.142. The number of esters is 1. The topological polar surface area (TPSA) is 55.8 Å². The van der Waals surface area contributed by atoms with Crippen molar-refractivity contribution in [3.05, 3.63) is 34.7 Å². The molecule has 0 N–H and O–H groups in total. The molecule has 0 aromatic heterocycles. The van der Waals surface area contributed by atoms with Crippen LogP contribution in [-0.2, 0) is 14.3 Å². The van der Waals surface area contributed by atoms with E-state index in [1.807, 2.05) is 18.2 Å². The van der Waals surface area contributed by atoms with Crippen LogP contribution in [0.5, 0.6) is 5.75 Å². The average molecular weight is 420 g/mol. The molecule has 1 aliphatic heterocycles. The summed E-state index contributed by atoms with van der Waals surface area (Å²) in [6, 6.07) is 7.29. The zero-order valence-electron chi connectivity index (χ0n) is 16.0. The molecule has 1 saturated heterocycles. The van der Waals surface area contributed by atoms with Gasteiger partial charge in [0.2, 0.25) is 0 Å². The Kier molecular flexibility index (Phi) is 7.50. The number of thiocarbonyl (C=S) groups is 1. The Morgan fingerprint density at radius 1 is 1.29 bits per heavy atom. The van der Waals surface area contributed by atoms with Crippen LogP contribution in [0.3, 0.4) is 0 Å². The first-order chi connectivity index (χ1) is 13.6. The van der Waals surface area contributed by atoms with Crippen molar-refractivity contribution in [3.8, 4) is 5.75 Å². The van der Waals surface area contributed by atoms with Crippen LogP contribution in [0.1, 0.15) is 44.1 Å². The molecule has 5 nitrogen and oxygen atoms in total. The maximum atomic E-state index is 12.9. The number of ether oxygens (including phenoxy) is 2. The number of carbonyl (C=O) groups excluding carboxylic acids is 2. The van der Waals surface area contributed by atoms with E-state index in [0.29, 0.717) is 27.4 Å². The highest BCUT2D eigenvalue weighted by atomic mass is 32.2. The van der Waals surface area contributed by atoms with Gasteiger partial charge in [-0.1, -0.05) is 74.3 Å². The summed E-state index contributed by atoms with van der Waals surface area (Å²) in [6.45, 7) is 0.511. The van der Waals surface area contributed by atoms with Gasteiger partial charge in [0, 0.05) is 12.1 Å². The van der Waals surface area contributed by atoms with Crippen molar-refractivity contribution in [2.45, 2.75) is 38.5 Å². The summed E-state index contributed by atoms with van der Waals surface area (Å²) >= 11 is 6.77. The van der Waals surface area contributed by atoms with E-state index in [1.165, 1.54) is 51.0 Å².